The molecule has 2 heteroatoms. The summed E-state index contributed by atoms with van der Waals surface area (Å²) in [5.74, 6) is 2.06. The van der Waals surface area contributed by atoms with Crippen LogP contribution in [0.3, 0.4) is 0 Å². The standard InChI is InChI=1S/C31H60N2/c1-5-8-11-14-16-17-20-23-26-30(25-22-18-13-10-7-3)31-32-27-28-33(31)29(4)24-21-19-15-12-9-6-2/h27-30H,5-26H2,1-4H3. The van der Waals surface area contributed by atoms with Gasteiger partial charge in [-0.1, -0.05) is 143 Å². The molecular formula is C31H60N2. The Labute approximate surface area is 208 Å². The Bertz CT molecular complexity index is 521. The number of hydrogen-bond acceptors (Lipinski definition) is 1. The average molecular weight is 461 g/mol. The highest BCUT2D eigenvalue weighted by Gasteiger charge is 2.19. The molecule has 33 heavy (non-hydrogen) atoms. The fraction of sp³-hybridized carbons (Fsp3) is 0.903. The fourth-order valence-corrected chi connectivity index (χ4v) is 5.29. The summed E-state index contributed by atoms with van der Waals surface area (Å²) in [4.78, 5) is 4.93. The molecule has 194 valence electrons. The molecule has 0 aliphatic rings. The van der Waals surface area contributed by atoms with Gasteiger partial charge in [0.25, 0.3) is 0 Å². The van der Waals surface area contributed by atoms with Crippen molar-refractivity contribution in [1.82, 2.24) is 9.55 Å². The van der Waals surface area contributed by atoms with E-state index in [1.165, 1.54) is 147 Å². The van der Waals surface area contributed by atoms with Crippen molar-refractivity contribution in [2.24, 2.45) is 0 Å². The normalized spacial score (nSPS) is 13.5. The summed E-state index contributed by atoms with van der Waals surface area (Å²) in [5, 5.41) is 0. The fourth-order valence-electron chi connectivity index (χ4n) is 5.29. The number of hydrogen-bond donors (Lipinski definition) is 0. The van der Waals surface area contributed by atoms with Gasteiger partial charge in [0.05, 0.1) is 0 Å². The van der Waals surface area contributed by atoms with Crippen LogP contribution in [0.1, 0.15) is 187 Å². The lowest BCUT2D eigenvalue weighted by atomic mass is 9.93. The van der Waals surface area contributed by atoms with Crippen LogP contribution in [0.2, 0.25) is 0 Å². The molecule has 0 aromatic carbocycles. The van der Waals surface area contributed by atoms with E-state index >= 15 is 0 Å². The number of rotatable bonds is 24. The summed E-state index contributed by atoms with van der Waals surface area (Å²) in [6.07, 6.45) is 34.9. The second kappa shape index (κ2) is 21.7. The lowest BCUT2D eigenvalue weighted by Crippen LogP contribution is -2.13. The molecule has 0 spiro atoms. The molecule has 0 fully saturated rings. The van der Waals surface area contributed by atoms with Crippen molar-refractivity contribution in [3.8, 4) is 0 Å². The van der Waals surface area contributed by atoms with E-state index in [2.05, 4.69) is 44.7 Å². The topological polar surface area (TPSA) is 17.8 Å². The van der Waals surface area contributed by atoms with Crippen LogP contribution in [-0.2, 0) is 0 Å². The minimum atomic E-state index is 0.592. The van der Waals surface area contributed by atoms with Crippen LogP contribution in [0.5, 0.6) is 0 Å². The molecule has 2 nitrogen and oxygen atoms in total. The van der Waals surface area contributed by atoms with Gasteiger partial charge in [-0.25, -0.2) is 4.98 Å². The van der Waals surface area contributed by atoms with Crippen LogP contribution in [0.25, 0.3) is 0 Å². The van der Waals surface area contributed by atoms with Gasteiger partial charge < -0.3 is 4.57 Å². The van der Waals surface area contributed by atoms with Crippen molar-refractivity contribution in [3.63, 3.8) is 0 Å². The maximum Gasteiger partial charge on any atom is 0.111 e. The third-order valence-corrected chi connectivity index (χ3v) is 7.58. The van der Waals surface area contributed by atoms with Crippen LogP contribution in [-0.4, -0.2) is 9.55 Å². The zero-order chi connectivity index (χ0) is 24.0. The van der Waals surface area contributed by atoms with Gasteiger partial charge in [0.1, 0.15) is 5.82 Å². The summed E-state index contributed by atoms with van der Waals surface area (Å²) in [6.45, 7) is 9.34. The molecule has 0 aliphatic carbocycles. The van der Waals surface area contributed by atoms with Crippen molar-refractivity contribution in [2.75, 3.05) is 0 Å². The van der Waals surface area contributed by atoms with Gasteiger partial charge in [0, 0.05) is 24.4 Å². The largest absolute Gasteiger partial charge is 0.332 e. The van der Waals surface area contributed by atoms with Gasteiger partial charge in [-0.2, -0.15) is 0 Å². The second-order valence-corrected chi connectivity index (χ2v) is 10.8. The first-order chi connectivity index (χ1) is 16.2. The van der Waals surface area contributed by atoms with Crippen LogP contribution >= 0.6 is 0 Å². The third-order valence-electron chi connectivity index (χ3n) is 7.58. The Morgan fingerprint density at radius 1 is 0.576 bits per heavy atom. The number of unbranched alkanes of at least 4 members (excludes halogenated alkanes) is 16. The van der Waals surface area contributed by atoms with E-state index < -0.39 is 0 Å². The lowest BCUT2D eigenvalue weighted by molar-refractivity contribution is 0.413. The predicted molar refractivity (Wildman–Crippen MR) is 148 cm³/mol. The summed E-state index contributed by atoms with van der Waals surface area (Å²) in [5.41, 5.74) is 0. The van der Waals surface area contributed by atoms with Crippen molar-refractivity contribution < 1.29 is 0 Å². The van der Waals surface area contributed by atoms with E-state index in [9.17, 15) is 0 Å². The van der Waals surface area contributed by atoms with E-state index in [-0.39, 0.29) is 0 Å². The third kappa shape index (κ3) is 14.9. The van der Waals surface area contributed by atoms with Crippen LogP contribution in [0.4, 0.5) is 0 Å². The average Bonchev–Trinajstić information content (AvgIpc) is 3.31. The summed E-state index contributed by atoms with van der Waals surface area (Å²) >= 11 is 0. The predicted octanol–water partition coefficient (Wildman–Crippen LogP) is 11.2. The molecule has 0 saturated heterocycles. The Morgan fingerprint density at radius 3 is 1.42 bits per heavy atom. The number of nitrogens with zero attached hydrogens (tertiary/aromatic N) is 2. The van der Waals surface area contributed by atoms with Gasteiger partial charge in [-0.05, 0) is 26.2 Å². The summed E-state index contributed by atoms with van der Waals surface area (Å²) in [6, 6.07) is 0.592. The van der Waals surface area contributed by atoms with E-state index in [0.717, 1.165) is 0 Å². The second-order valence-electron chi connectivity index (χ2n) is 10.8. The van der Waals surface area contributed by atoms with Crippen molar-refractivity contribution >= 4 is 0 Å². The van der Waals surface area contributed by atoms with Crippen molar-refractivity contribution in [3.05, 3.63) is 18.2 Å². The van der Waals surface area contributed by atoms with Crippen LogP contribution in [0, 0.1) is 0 Å². The minimum Gasteiger partial charge on any atom is -0.332 e. The molecule has 2 unspecified atom stereocenters. The van der Waals surface area contributed by atoms with Crippen LogP contribution in [0.15, 0.2) is 12.4 Å². The molecule has 0 radical (unpaired) electrons. The summed E-state index contributed by atoms with van der Waals surface area (Å²) < 4.78 is 2.55. The minimum absolute atomic E-state index is 0.592. The highest BCUT2D eigenvalue weighted by atomic mass is 15.1. The van der Waals surface area contributed by atoms with Crippen LogP contribution < -0.4 is 0 Å². The number of imidazole rings is 1. The van der Waals surface area contributed by atoms with E-state index in [1.807, 2.05) is 0 Å². The molecular weight excluding hydrogens is 400 g/mol. The van der Waals surface area contributed by atoms with Gasteiger partial charge in [0.15, 0.2) is 0 Å². The lowest BCUT2D eigenvalue weighted by Gasteiger charge is -2.22. The van der Waals surface area contributed by atoms with Gasteiger partial charge >= 0.3 is 0 Å². The van der Waals surface area contributed by atoms with Crippen molar-refractivity contribution in [2.45, 2.75) is 181 Å². The highest BCUT2D eigenvalue weighted by molar-refractivity contribution is 5.02. The molecule has 0 aliphatic heterocycles. The molecule has 1 aromatic rings. The SMILES string of the molecule is CCCCCCCCCCC(CCCCCCC)c1nccn1C(C)CCCCCCCC. The van der Waals surface area contributed by atoms with E-state index in [0.29, 0.717) is 12.0 Å². The van der Waals surface area contributed by atoms with Gasteiger partial charge in [-0.15, -0.1) is 0 Å². The first kappa shape index (κ1) is 30.2. The Morgan fingerprint density at radius 2 is 0.970 bits per heavy atom. The van der Waals surface area contributed by atoms with E-state index in [4.69, 9.17) is 4.98 Å². The molecule has 0 N–H and O–H groups in total. The molecule has 0 amide bonds. The van der Waals surface area contributed by atoms with Gasteiger partial charge in [0.2, 0.25) is 0 Å². The molecule has 1 aromatic heterocycles. The Hall–Kier alpha value is -0.790. The van der Waals surface area contributed by atoms with Crippen molar-refractivity contribution in [1.29, 1.82) is 0 Å². The first-order valence-electron chi connectivity index (χ1n) is 15.3. The first-order valence-corrected chi connectivity index (χ1v) is 15.3. The monoisotopic (exact) mass is 460 g/mol. The smallest absolute Gasteiger partial charge is 0.111 e. The van der Waals surface area contributed by atoms with Gasteiger partial charge in [-0.3, -0.25) is 0 Å². The maximum atomic E-state index is 4.93. The Balaban J connectivity index is 2.51. The zero-order valence-electron chi connectivity index (χ0n) is 23.3. The Kier molecular flexibility index (Phi) is 19.9. The maximum absolute atomic E-state index is 4.93. The van der Waals surface area contributed by atoms with E-state index in [1.54, 1.807) is 0 Å². The molecule has 1 heterocycles. The molecule has 0 bridgehead atoms. The summed E-state index contributed by atoms with van der Waals surface area (Å²) in [7, 11) is 0. The molecule has 1 rings (SSSR count). The quantitative estimate of drug-likeness (QED) is 0.140. The molecule has 0 saturated carbocycles. The highest BCUT2D eigenvalue weighted by Crippen LogP contribution is 2.30. The number of aromatic nitrogens is 2. The molecule has 2 atom stereocenters. The zero-order valence-corrected chi connectivity index (χ0v) is 23.3.